The van der Waals surface area contributed by atoms with E-state index in [0.717, 1.165) is 31.5 Å². The molecule has 5 rings (SSSR count). The highest BCUT2D eigenvalue weighted by Crippen LogP contribution is 2.39. The van der Waals surface area contributed by atoms with E-state index in [9.17, 15) is 14.7 Å². The zero-order chi connectivity index (χ0) is 20.0. The summed E-state index contributed by atoms with van der Waals surface area (Å²) in [6, 6.07) is 14.7. The van der Waals surface area contributed by atoms with Crippen molar-refractivity contribution in [2.75, 3.05) is 19.6 Å². The van der Waals surface area contributed by atoms with Crippen LogP contribution in [-0.2, 0) is 6.54 Å². The Morgan fingerprint density at radius 3 is 2.24 bits per heavy atom. The number of ketones is 1. The summed E-state index contributed by atoms with van der Waals surface area (Å²) in [5, 5.41) is 12.0. The number of fused-ring (bicyclic) bond motifs is 5. The second kappa shape index (κ2) is 7.25. The van der Waals surface area contributed by atoms with E-state index in [1.54, 1.807) is 10.6 Å². The molecule has 5 heteroatoms. The summed E-state index contributed by atoms with van der Waals surface area (Å²) >= 11 is 0. The number of benzene rings is 2. The first kappa shape index (κ1) is 18.3. The van der Waals surface area contributed by atoms with Crippen molar-refractivity contribution in [2.24, 2.45) is 0 Å². The summed E-state index contributed by atoms with van der Waals surface area (Å²) in [5.41, 5.74) is 2.47. The Bertz CT molecular complexity index is 1160. The van der Waals surface area contributed by atoms with Gasteiger partial charge in [-0.25, -0.2) is 0 Å². The van der Waals surface area contributed by atoms with E-state index in [1.165, 1.54) is 6.42 Å². The van der Waals surface area contributed by atoms with Crippen LogP contribution in [0.5, 0.6) is 0 Å². The average molecular weight is 388 g/mol. The molecule has 2 aliphatic rings. The van der Waals surface area contributed by atoms with Crippen molar-refractivity contribution in [3.8, 4) is 11.3 Å². The highest BCUT2D eigenvalue weighted by molar-refractivity contribution is 6.26. The molecule has 0 saturated carbocycles. The molecule has 29 heavy (non-hydrogen) atoms. The van der Waals surface area contributed by atoms with Gasteiger partial charge in [-0.05, 0) is 32.0 Å². The molecule has 1 unspecified atom stereocenters. The number of aliphatic hydroxyl groups is 1. The third kappa shape index (κ3) is 3.02. The van der Waals surface area contributed by atoms with Crippen LogP contribution in [0.1, 0.15) is 35.2 Å². The van der Waals surface area contributed by atoms with Gasteiger partial charge in [-0.15, -0.1) is 0 Å². The predicted octanol–water partition coefficient (Wildman–Crippen LogP) is 3.06. The zero-order valence-electron chi connectivity index (χ0n) is 16.3. The highest BCUT2D eigenvalue weighted by Gasteiger charge is 2.32. The van der Waals surface area contributed by atoms with Gasteiger partial charge in [0.1, 0.15) is 0 Å². The number of aromatic nitrogens is 1. The molecule has 1 atom stereocenters. The molecule has 0 radical (unpaired) electrons. The molecule has 1 aliphatic carbocycles. The number of nitrogens with zero attached hydrogens (tertiary/aromatic N) is 2. The predicted molar refractivity (Wildman–Crippen MR) is 113 cm³/mol. The second-order valence-corrected chi connectivity index (χ2v) is 8.07. The Kier molecular flexibility index (Phi) is 4.57. The number of hydrogen-bond donors (Lipinski definition) is 1. The van der Waals surface area contributed by atoms with E-state index in [1.807, 2.05) is 42.5 Å². The van der Waals surface area contributed by atoms with Crippen molar-refractivity contribution in [2.45, 2.75) is 31.9 Å². The van der Waals surface area contributed by atoms with Crippen LogP contribution in [0.25, 0.3) is 22.0 Å². The molecule has 0 spiro atoms. The zero-order valence-corrected chi connectivity index (χ0v) is 16.3. The minimum Gasteiger partial charge on any atom is -0.390 e. The number of rotatable bonds is 4. The maximum atomic E-state index is 13.4. The summed E-state index contributed by atoms with van der Waals surface area (Å²) in [7, 11) is 0. The Labute approximate surface area is 169 Å². The fraction of sp³-hybridized carbons (Fsp3) is 0.333. The van der Waals surface area contributed by atoms with E-state index < -0.39 is 6.10 Å². The third-order valence-electron chi connectivity index (χ3n) is 6.14. The Morgan fingerprint density at radius 1 is 0.828 bits per heavy atom. The number of piperidine rings is 1. The largest absolute Gasteiger partial charge is 0.390 e. The number of hydrogen-bond acceptors (Lipinski definition) is 4. The van der Waals surface area contributed by atoms with Crippen molar-refractivity contribution < 1.29 is 9.90 Å². The maximum Gasteiger partial charge on any atom is 0.259 e. The Morgan fingerprint density at radius 2 is 1.48 bits per heavy atom. The second-order valence-electron chi connectivity index (χ2n) is 8.07. The van der Waals surface area contributed by atoms with Crippen LogP contribution in [0, 0.1) is 0 Å². The van der Waals surface area contributed by atoms with Crippen molar-refractivity contribution >= 4 is 16.6 Å². The molecular weight excluding hydrogens is 364 g/mol. The molecule has 3 aromatic rings. The van der Waals surface area contributed by atoms with E-state index >= 15 is 0 Å². The van der Waals surface area contributed by atoms with Crippen molar-refractivity contribution in [3.63, 3.8) is 0 Å². The van der Waals surface area contributed by atoms with Crippen LogP contribution in [-0.4, -0.2) is 46.1 Å². The molecule has 0 bridgehead atoms. The summed E-state index contributed by atoms with van der Waals surface area (Å²) in [5.74, 6) is -0.0499. The molecule has 1 saturated heterocycles. The number of aliphatic hydroxyl groups excluding tert-OH is 1. The summed E-state index contributed by atoms with van der Waals surface area (Å²) in [4.78, 5) is 28.8. The quantitative estimate of drug-likeness (QED) is 0.584. The fourth-order valence-corrected chi connectivity index (χ4v) is 4.81. The van der Waals surface area contributed by atoms with E-state index in [0.29, 0.717) is 34.1 Å². The van der Waals surface area contributed by atoms with Gasteiger partial charge in [-0.1, -0.05) is 48.9 Å². The van der Waals surface area contributed by atoms with Crippen molar-refractivity contribution in [3.05, 3.63) is 70.0 Å². The van der Waals surface area contributed by atoms with Crippen LogP contribution in [0.4, 0.5) is 0 Å². The van der Waals surface area contributed by atoms with Crippen LogP contribution in [0.3, 0.4) is 0 Å². The lowest BCUT2D eigenvalue weighted by Gasteiger charge is -2.29. The lowest BCUT2D eigenvalue weighted by atomic mass is 10.0. The van der Waals surface area contributed by atoms with E-state index in [-0.39, 0.29) is 17.9 Å². The minimum absolute atomic E-state index is 0.0499. The van der Waals surface area contributed by atoms with E-state index in [4.69, 9.17) is 0 Å². The highest BCUT2D eigenvalue weighted by atomic mass is 16.3. The first-order chi connectivity index (χ1) is 14.1. The number of β-amino-alcohol motifs (C(OH)–C–C–N with tert-alkyl or cyclic N) is 1. The average Bonchev–Trinajstić information content (AvgIpc) is 3.05. The van der Waals surface area contributed by atoms with Gasteiger partial charge in [0.05, 0.1) is 23.9 Å². The molecule has 148 valence electrons. The van der Waals surface area contributed by atoms with Gasteiger partial charge in [0, 0.05) is 28.4 Å². The third-order valence-corrected chi connectivity index (χ3v) is 6.14. The maximum absolute atomic E-state index is 13.4. The van der Waals surface area contributed by atoms with Crippen molar-refractivity contribution in [1.82, 2.24) is 9.47 Å². The molecule has 0 amide bonds. The van der Waals surface area contributed by atoms with Crippen LogP contribution in [0.15, 0.2) is 53.3 Å². The summed E-state index contributed by atoms with van der Waals surface area (Å²) in [6.45, 7) is 2.71. The smallest absolute Gasteiger partial charge is 0.259 e. The normalized spacial score (nSPS) is 17.3. The SMILES string of the molecule is O=C1c2ccccc2-c2c1c1ccccc1c(=O)n2CC(O)CN1CCCCC1. The monoisotopic (exact) mass is 388 g/mol. The standard InChI is InChI=1S/C24H24N2O3/c27-16(14-25-12-6-1-7-13-25)15-26-22-18-9-3-4-10-19(18)23(28)21(22)17-8-2-5-11-20(17)24(26)29/h2-5,8-11,16,27H,1,6-7,12-15H2. The summed E-state index contributed by atoms with van der Waals surface area (Å²) < 4.78 is 1.62. The Hall–Kier alpha value is -2.76. The van der Waals surface area contributed by atoms with Crippen LogP contribution < -0.4 is 5.56 Å². The molecule has 5 nitrogen and oxygen atoms in total. The molecular formula is C24H24N2O3. The molecule has 2 aromatic carbocycles. The number of pyridine rings is 1. The number of carbonyl (C=O) groups is 1. The number of likely N-dealkylation sites (tertiary alicyclic amines) is 1. The van der Waals surface area contributed by atoms with Gasteiger partial charge < -0.3 is 14.6 Å². The molecule has 1 aromatic heterocycles. The number of carbonyl (C=O) groups excluding carboxylic acids is 1. The minimum atomic E-state index is -0.668. The van der Waals surface area contributed by atoms with Gasteiger partial charge in [0.25, 0.3) is 5.56 Å². The molecule has 1 N–H and O–H groups in total. The lowest BCUT2D eigenvalue weighted by molar-refractivity contribution is 0.0879. The van der Waals surface area contributed by atoms with Gasteiger partial charge in [-0.2, -0.15) is 0 Å². The van der Waals surface area contributed by atoms with Crippen LogP contribution in [0.2, 0.25) is 0 Å². The molecule has 1 aliphatic heterocycles. The molecule has 2 heterocycles. The van der Waals surface area contributed by atoms with Crippen molar-refractivity contribution in [1.29, 1.82) is 0 Å². The topological polar surface area (TPSA) is 62.5 Å². The van der Waals surface area contributed by atoms with Crippen LogP contribution >= 0.6 is 0 Å². The first-order valence-electron chi connectivity index (χ1n) is 10.3. The van der Waals surface area contributed by atoms with E-state index in [2.05, 4.69) is 4.90 Å². The molecule has 1 fully saturated rings. The van der Waals surface area contributed by atoms with Gasteiger partial charge in [-0.3, -0.25) is 9.59 Å². The van der Waals surface area contributed by atoms with Gasteiger partial charge >= 0.3 is 0 Å². The first-order valence-corrected chi connectivity index (χ1v) is 10.3. The summed E-state index contributed by atoms with van der Waals surface area (Å²) in [6.07, 6.45) is 2.88. The van der Waals surface area contributed by atoms with Gasteiger partial charge in [0.2, 0.25) is 0 Å². The fourth-order valence-electron chi connectivity index (χ4n) is 4.81. The Balaban J connectivity index is 1.63. The van der Waals surface area contributed by atoms with Gasteiger partial charge in [0.15, 0.2) is 5.78 Å². The lowest BCUT2D eigenvalue weighted by Crippen LogP contribution is -2.39.